The summed E-state index contributed by atoms with van der Waals surface area (Å²) in [5.41, 5.74) is 1.52. The van der Waals surface area contributed by atoms with Crippen LogP contribution in [0, 0.1) is 6.92 Å². The monoisotopic (exact) mass is 232 g/mol. The molecule has 0 atom stereocenters. The van der Waals surface area contributed by atoms with E-state index in [9.17, 15) is 9.59 Å². The molecule has 1 aliphatic carbocycles. The average Bonchev–Trinajstić information content (AvgIpc) is 2.33. The molecule has 1 aromatic rings. The van der Waals surface area contributed by atoms with Crippen molar-refractivity contribution in [2.75, 3.05) is 14.2 Å². The topological polar surface area (TPSA) is 52.6 Å². The zero-order valence-corrected chi connectivity index (χ0v) is 9.87. The first kappa shape index (κ1) is 11.4. The van der Waals surface area contributed by atoms with Crippen molar-refractivity contribution in [3.63, 3.8) is 0 Å². The van der Waals surface area contributed by atoms with Gasteiger partial charge in [0.1, 0.15) is 0 Å². The fourth-order valence-electron chi connectivity index (χ4n) is 1.97. The van der Waals surface area contributed by atoms with E-state index >= 15 is 0 Å². The molecule has 0 radical (unpaired) electrons. The lowest BCUT2D eigenvalue weighted by Gasteiger charge is -2.19. The molecule has 0 aliphatic heterocycles. The third-order valence-electron chi connectivity index (χ3n) is 2.77. The van der Waals surface area contributed by atoms with E-state index in [2.05, 4.69) is 0 Å². The zero-order chi connectivity index (χ0) is 12.6. The van der Waals surface area contributed by atoms with Crippen LogP contribution in [-0.4, -0.2) is 25.8 Å². The molecule has 2 rings (SSSR count). The van der Waals surface area contributed by atoms with Gasteiger partial charge in [0.25, 0.3) is 0 Å². The fraction of sp³-hybridized carbons (Fsp3) is 0.231. The summed E-state index contributed by atoms with van der Waals surface area (Å²) in [7, 11) is 2.70. The summed E-state index contributed by atoms with van der Waals surface area (Å²) in [4.78, 5) is 24.3. The van der Waals surface area contributed by atoms with Crippen molar-refractivity contribution < 1.29 is 19.1 Å². The van der Waals surface area contributed by atoms with Crippen LogP contribution in [0.2, 0.25) is 0 Å². The van der Waals surface area contributed by atoms with Crippen LogP contribution >= 0.6 is 0 Å². The Morgan fingerprint density at radius 1 is 0.941 bits per heavy atom. The Morgan fingerprint density at radius 3 is 2.12 bits per heavy atom. The van der Waals surface area contributed by atoms with Gasteiger partial charge in [-0.15, -0.1) is 0 Å². The summed E-state index contributed by atoms with van der Waals surface area (Å²) in [6.45, 7) is 1.79. The van der Waals surface area contributed by atoms with E-state index < -0.39 is 0 Å². The molecular weight excluding hydrogens is 220 g/mol. The van der Waals surface area contributed by atoms with E-state index in [0.717, 1.165) is 5.56 Å². The minimum absolute atomic E-state index is 0.0284. The van der Waals surface area contributed by atoms with E-state index in [1.165, 1.54) is 14.2 Å². The number of hydrogen-bond acceptors (Lipinski definition) is 4. The van der Waals surface area contributed by atoms with Crippen LogP contribution in [0.4, 0.5) is 0 Å². The molecule has 4 heteroatoms. The molecule has 0 N–H and O–H groups in total. The third kappa shape index (κ3) is 1.53. The van der Waals surface area contributed by atoms with Crippen molar-refractivity contribution in [1.82, 2.24) is 0 Å². The second-order valence-corrected chi connectivity index (χ2v) is 3.72. The van der Waals surface area contributed by atoms with Gasteiger partial charge in [-0.2, -0.15) is 0 Å². The summed E-state index contributed by atoms with van der Waals surface area (Å²) in [6.07, 6.45) is 0. The standard InChI is InChI=1S/C13H12O4/c1-7-5-4-6-8-9(7)11(15)13(17-3)12(16-2)10(8)14/h4-6H,1-3H3. The number of methoxy groups -OCH3 is 2. The Hall–Kier alpha value is -2.10. The van der Waals surface area contributed by atoms with Crippen molar-refractivity contribution in [2.45, 2.75) is 6.92 Å². The second-order valence-electron chi connectivity index (χ2n) is 3.72. The maximum atomic E-state index is 12.2. The molecule has 17 heavy (non-hydrogen) atoms. The first-order valence-electron chi connectivity index (χ1n) is 5.13. The number of hydrogen-bond donors (Lipinski definition) is 0. The SMILES string of the molecule is COC1=C(OC)C(=O)c2c(C)cccc2C1=O. The third-order valence-corrected chi connectivity index (χ3v) is 2.77. The minimum Gasteiger partial charge on any atom is -0.489 e. The molecule has 4 nitrogen and oxygen atoms in total. The number of rotatable bonds is 2. The minimum atomic E-state index is -0.317. The normalized spacial score (nSPS) is 14.8. The number of ketones is 2. The average molecular weight is 232 g/mol. The van der Waals surface area contributed by atoms with Crippen LogP contribution in [0.5, 0.6) is 0 Å². The van der Waals surface area contributed by atoms with Crippen LogP contribution in [0.25, 0.3) is 0 Å². The van der Waals surface area contributed by atoms with Gasteiger partial charge in [0.2, 0.25) is 23.1 Å². The van der Waals surface area contributed by atoms with E-state index in [1.807, 2.05) is 0 Å². The highest BCUT2D eigenvalue weighted by Crippen LogP contribution is 2.28. The van der Waals surface area contributed by atoms with Crippen LogP contribution in [0.1, 0.15) is 26.3 Å². The number of aryl methyl sites for hydroxylation is 1. The van der Waals surface area contributed by atoms with E-state index in [4.69, 9.17) is 9.47 Å². The number of carbonyl (C=O) groups excluding carboxylic acids is 2. The number of ether oxygens (including phenoxy) is 2. The Kier molecular flexibility index (Phi) is 2.71. The number of fused-ring (bicyclic) bond motifs is 1. The zero-order valence-electron chi connectivity index (χ0n) is 9.87. The van der Waals surface area contributed by atoms with Crippen molar-refractivity contribution in [1.29, 1.82) is 0 Å². The molecular formula is C13H12O4. The smallest absolute Gasteiger partial charge is 0.232 e. The molecule has 0 unspecified atom stereocenters. The van der Waals surface area contributed by atoms with Gasteiger partial charge in [-0.3, -0.25) is 9.59 Å². The maximum Gasteiger partial charge on any atom is 0.232 e. The lowest BCUT2D eigenvalue weighted by molar-refractivity contribution is 0.0828. The second kappa shape index (κ2) is 4.05. The van der Waals surface area contributed by atoms with Gasteiger partial charge < -0.3 is 9.47 Å². The van der Waals surface area contributed by atoms with Crippen LogP contribution in [-0.2, 0) is 9.47 Å². The summed E-state index contributed by atoms with van der Waals surface area (Å²) in [5, 5.41) is 0. The summed E-state index contributed by atoms with van der Waals surface area (Å²) in [6, 6.07) is 5.15. The van der Waals surface area contributed by atoms with Crippen LogP contribution in [0.15, 0.2) is 29.7 Å². The lowest BCUT2D eigenvalue weighted by atomic mass is 9.89. The van der Waals surface area contributed by atoms with Gasteiger partial charge in [0.15, 0.2) is 0 Å². The number of allylic oxidation sites excluding steroid dienone is 2. The van der Waals surface area contributed by atoms with Crippen molar-refractivity contribution >= 4 is 11.6 Å². The highest BCUT2D eigenvalue weighted by molar-refractivity contribution is 6.25. The molecule has 0 heterocycles. The Labute approximate surface area is 98.8 Å². The first-order chi connectivity index (χ1) is 8.11. The Morgan fingerprint density at radius 2 is 1.53 bits per heavy atom. The van der Waals surface area contributed by atoms with Gasteiger partial charge in [-0.25, -0.2) is 0 Å². The predicted octanol–water partition coefficient (Wildman–Crippen LogP) is 1.88. The highest BCUT2D eigenvalue weighted by Gasteiger charge is 2.35. The van der Waals surface area contributed by atoms with Gasteiger partial charge in [-0.05, 0) is 12.5 Å². The summed E-state index contributed by atoms with van der Waals surface area (Å²) < 4.78 is 9.93. The van der Waals surface area contributed by atoms with Crippen molar-refractivity contribution in [3.05, 3.63) is 46.4 Å². The maximum absolute atomic E-state index is 12.2. The van der Waals surface area contributed by atoms with Crippen molar-refractivity contribution in [3.8, 4) is 0 Å². The quantitative estimate of drug-likeness (QED) is 0.781. The molecule has 0 bridgehead atoms. The highest BCUT2D eigenvalue weighted by atomic mass is 16.5. The van der Waals surface area contributed by atoms with Gasteiger partial charge >= 0.3 is 0 Å². The molecule has 0 aromatic heterocycles. The van der Waals surface area contributed by atoms with Crippen LogP contribution < -0.4 is 0 Å². The number of benzene rings is 1. The van der Waals surface area contributed by atoms with Gasteiger partial charge in [0, 0.05) is 11.1 Å². The molecule has 88 valence electrons. The van der Waals surface area contributed by atoms with Gasteiger partial charge in [-0.1, -0.05) is 18.2 Å². The summed E-state index contributed by atoms with van der Waals surface area (Å²) in [5.74, 6) is -0.686. The fourth-order valence-corrected chi connectivity index (χ4v) is 1.97. The number of Topliss-reactive ketones (excluding diaryl/α,β-unsaturated/α-hetero) is 2. The molecule has 0 saturated heterocycles. The van der Waals surface area contributed by atoms with Crippen LogP contribution in [0.3, 0.4) is 0 Å². The van der Waals surface area contributed by atoms with E-state index in [0.29, 0.717) is 11.1 Å². The lowest BCUT2D eigenvalue weighted by Crippen LogP contribution is -2.24. The van der Waals surface area contributed by atoms with Crippen molar-refractivity contribution in [2.24, 2.45) is 0 Å². The van der Waals surface area contributed by atoms with Gasteiger partial charge in [0.05, 0.1) is 14.2 Å². The molecule has 0 saturated carbocycles. The molecule has 0 fully saturated rings. The molecule has 0 spiro atoms. The molecule has 1 aromatic carbocycles. The predicted molar refractivity (Wildman–Crippen MR) is 60.9 cm³/mol. The summed E-state index contributed by atoms with van der Waals surface area (Å²) >= 11 is 0. The largest absolute Gasteiger partial charge is 0.489 e. The molecule has 1 aliphatic rings. The Bertz CT molecular complexity index is 540. The van der Waals surface area contributed by atoms with E-state index in [-0.39, 0.29) is 23.1 Å². The first-order valence-corrected chi connectivity index (χ1v) is 5.13. The Balaban J connectivity index is 2.73. The number of carbonyl (C=O) groups is 2. The molecule has 0 amide bonds. The van der Waals surface area contributed by atoms with E-state index in [1.54, 1.807) is 25.1 Å².